The van der Waals surface area contributed by atoms with E-state index in [0.717, 1.165) is 11.1 Å². The Kier molecular flexibility index (Phi) is 13.3. The van der Waals surface area contributed by atoms with Crippen LogP contribution in [0.1, 0.15) is 38.8 Å². The van der Waals surface area contributed by atoms with E-state index in [9.17, 15) is 24.0 Å². The molecule has 0 aliphatic carbocycles. The Morgan fingerprint density at radius 1 is 0.723 bits per heavy atom. The van der Waals surface area contributed by atoms with Crippen LogP contribution in [0.3, 0.4) is 0 Å². The minimum absolute atomic E-state index is 0.0158. The maximum absolute atomic E-state index is 12.5. The molecule has 0 saturated heterocycles. The number of rotatable bonds is 10. The third-order valence-electron chi connectivity index (χ3n) is 5.71. The molecule has 3 rings (SSSR count). The summed E-state index contributed by atoms with van der Waals surface area (Å²) in [5.41, 5.74) is 1.05. The summed E-state index contributed by atoms with van der Waals surface area (Å²) in [4.78, 5) is 65.6. The number of carbonyl (C=O) groups excluding carboxylic acids is 5. The number of hydrogen-bond donors (Lipinski definition) is 4. The Morgan fingerprint density at radius 2 is 1.23 bits per heavy atom. The molecule has 0 unspecified atom stereocenters. The fourth-order valence-electron chi connectivity index (χ4n) is 3.55. The monoisotopic (exact) mass is 647 g/mol. The summed E-state index contributed by atoms with van der Waals surface area (Å²) in [6.07, 6.45) is -2.52. The molecule has 0 aromatic heterocycles. The van der Waals surface area contributed by atoms with Gasteiger partial charge in [-0.05, 0) is 63.1 Å². The maximum Gasteiger partial charge on any atom is 0.414 e. The van der Waals surface area contributed by atoms with Crippen molar-refractivity contribution in [1.29, 1.82) is 0 Å². The highest BCUT2D eigenvalue weighted by atomic mass is 16.6. The first-order chi connectivity index (χ1) is 22.4. The number of ether oxygens (including phenoxy) is 4. The van der Waals surface area contributed by atoms with Crippen LogP contribution in [0.2, 0.25) is 0 Å². The lowest BCUT2D eigenvalue weighted by Gasteiger charge is -2.21. The van der Waals surface area contributed by atoms with Gasteiger partial charge in [-0.15, -0.1) is 0 Å². The highest BCUT2D eigenvalue weighted by Crippen LogP contribution is 2.18. The van der Waals surface area contributed by atoms with E-state index in [1.807, 2.05) is 12.1 Å². The average molecular weight is 648 g/mol. The predicted octanol–water partition coefficient (Wildman–Crippen LogP) is 4.46. The molecule has 0 saturated carbocycles. The van der Waals surface area contributed by atoms with Gasteiger partial charge in [0.1, 0.15) is 37.2 Å². The first kappa shape index (κ1) is 35.6. The number of hydrogen-bond acceptors (Lipinski definition) is 10. The standard InChI is InChI=1S/C33H37N5O9/c1-22(35-32(43)47-33(2,3)4)28(40)34-19-27(39)46-26-17-15-25(16-18-26)36-29(37-30(41)44-20-23-11-7-5-8-12-23)38-31(42)45-21-24-13-9-6-10-14-24/h5-18,22H,19-21H2,1-4H3,(H,34,40)(H,35,43)(H2,36,37,38,41,42)/t22-/m1/s1. The molecule has 3 aromatic rings. The molecule has 0 aliphatic rings. The van der Waals surface area contributed by atoms with Crippen molar-refractivity contribution in [3.05, 3.63) is 96.1 Å². The van der Waals surface area contributed by atoms with E-state index in [0.29, 0.717) is 0 Å². The molecular formula is C33H37N5O9. The molecule has 0 aliphatic heterocycles. The van der Waals surface area contributed by atoms with Crippen molar-refractivity contribution < 1.29 is 42.9 Å². The number of benzene rings is 3. The van der Waals surface area contributed by atoms with E-state index in [2.05, 4.69) is 26.3 Å². The second-order valence-corrected chi connectivity index (χ2v) is 10.9. The Hall–Kier alpha value is -5.92. The summed E-state index contributed by atoms with van der Waals surface area (Å²) in [7, 11) is 0. The van der Waals surface area contributed by atoms with Crippen LogP contribution in [0.4, 0.5) is 20.1 Å². The van der Waals surface area contributed by atoms with Gasteiger partial charge in [0.25, 0.3) is 0 Å². The number of amides is 4. The van der Waals surface area contributed by atoms with E-state index < -0.39 is 48.3 Å². The van der Waals surface area contributed by atoms with E-state index in [1.165, 1.54) is 31.2 Å². The number of esters is 1. The maximum atomic E-state index is 12.5. The van der Waals surface area contributed by atoms with Gasteiger partial charge in [0.15, 0.2) is 0 Å². The Balaban J connectivity index is 1.57. The SMILES string of the molecule is C[C@@H](NC(=O)OC(C)(C)C)C(=O)NCC(=O)Oc1ccc(N=C(NC(=O)OCc2ccccc2)NC(=O)OCc2ccccc2)cc1. The Bertz CT molecular complexity index is 1480. The lowest BCUT2D eigenvalue weighted by molar-refractivity contribution is -0.135. The summed E-state index contributed by atoms with van der Waals surface area (Å²) >= 11 is 0. The van der Waals surface area contributed by atoms with E-state index in [-0.39, 0.29) is 30.6 Å². The zero-order chi connectivity index (χ0) is 34.2. The quantitative estimate of drug-likeness (QED) is 0.0811. The second-order valence-electron chi connectivity index (χ2n) is 10.9. The number of alkyl carbamates (subject to hydrolysis) is 3. The van der Waals surface area contributed by atoms with Gasteiger partial charge in [-0.3, -0.25) is 15.4 Å². The highest BCUT2D eigenvalue weighted by molar-refractivity contribution is 6.02. The summed E-state index contributed by atoms with van der Waals surface area (Å²) in [6.45, 7) is 6.01. The van der Waals surface area contributed by atoms with Gasteiger partial charge in [-0.25, -0.2) is 24.2 Å². The van der Waals surface area contributed by atoms with E-state index >= 15 is 0 Å². The van der Waals surface area contributed by atoms with Crippen LogP contribution in [0.25, 0.3) is 0 Å². The van der Waals surface area contributed by atoms with E-state index in [1.54, 1.807) is 69.3 Å². The molecule has 0 heterocycles. The van der Waals surface area contributed by atoms with Crippen LogP contribution in [0.15, 0.2) is 89.9 Å². The van der Waals surface area contributed by atoms with Crippen molar-refractivity contribution in [2.24, 2.45) is 4.99 Å². The molecule has 14 heteroatoms. The highest BCUT2D eigenvalue weighted by Gasteiger charge is 2.21. The number of carbonyl (C=O) groups is 5. The molecule has 4 N–H and O–H groups in total. The summed E-state index contributed by atoms with van der Waals surface area (Å²) in [6, 6.07) is 22.8. The van der Waals surface area contributed by atoms with Crippen molar-refractivity contribution in [3.8, 4) is 5.75 Å². The van der Waals surface area contributed by atoms with Gasteiger partial charge in [0.05, 0.1) is 5.69 Å². The first-order valence-electron chi connectivity index (χ1n) is 14.5. The lowest BCUT2D eigenvalue weighted by Crippen LogP contribution is -2.47. The van der Waals surface area contributed by atoms with Crippen LogP contribution in [0.5, 0.6) is 5.75 Å². The molecule has 4 amide bonds. The first-order valence-corrected chi connectivity index (χ1v) is 14.5. The molecule has 0 bridgehead atoms. The fourth-order valence-corrected chi connectivity index (χ4v) is 3.55. The van der Waals surface area contributed by atoms with Gasteiger partial charge in [0.2, 0.25) is 11.9 Å². The number of aliphatic imine (C=N–C) groups is 1. The molecule has 0 radical (unpaired) electrons. The molecule has 47 heavy (non-hydrogen) atoms. The van der Waals surface area contributed by atoms with Crippen LogP contribution < -0.4 is 26.0 Å². The second kappa shape index (κ2) is 17.5. The third kappa shape index (κ3) is 14.2. The summed E-state index contributed by atoms with van der Waals surface area (Å²) in [5.74, 6) is -1.53. The number of guanidine groups is 1. The average Bonchev–Trinajstić information content (AvgIpc) is 3.02. The van der Waals surface area contributed by atoms with Crippen LogP contribution in [-0.2, 0) is 37.0 Å². The molecule has 0 fully saturated rings. The van der Waals surface area contributed by atoms with Gasteiger partial charge in [0, 0.05) is 0 Å². The minimum atomic E-state index is -0.961. The largest absolute Gasteiger partial charge is 0.444 e. The summed E-state index contributed by atoms with van der Waals surface area (Å²) in [5, 5.41) is 9.53. The number of nitrogens with one attached hydrogen (secondary N) is 4. The van der Waals surface area contributed by atoms with Crippen LogP contribution in [-0.4, -0.2) is 54.3 Å². The fraction of sp³-hybridized carbons (Fsp3) is 0.273. The van der Waals surface area contributed by atoms with Crippen molar-refractivity contribution in [2.45, 2.75) is 52.6 Å². The van der Waals surface area contributed by atoms with Gasteiger partial charge < -0.3 is 29.6 Å². The van der Waals surface area contributed by atoms with Crippen molar-refractivity contribution >= 4 is 41.8 Å². The predicted molar refractivity (Wildman–Crippen MR) is 171 cm³/mol. The molecule has 0 spiro atoms. The lowest BCUT2D eigenvalue weighted by atomic mass is 10.2. The van der Waals surface area contributed by atoms with Crippen LogP contribution in [0, 0.1) is 0 Å². The van der Waals surface area contributed by atoms with Gasteiger partial charge in [-0.1, -0.05) is 60.7 Å². The Morgan fingerprint density at radius 3 is 1.72 bits per heavy atom. The molecule has 248 valence electrons. The smallest absolute Gasteiger partial charge is 0.414 e. The third-order valence-corrected chi connectivity index (χ3v) is 5.71. The minimum Gasteiger partial charge on any atom is -0.444 e. The molecular weight excluding hydrogens is 610 g/mol. The Labute approximate surface area is 271 Å². The summed E-state index contributed by atoms with van der Waals surface area (Å²) < 4.78 is 20.8. The zero-order valence-electron chi connectivity index (χ0n) is 26.4. The zero-order valence-corrected chi connectivity index (χ0v) is 26.4. The van der Waals surface area contributed by atoms with Crippen molar-refractivity contribution in [3.63, 3.8) is 0 Å². The van der Waals surface area contributed by atoms with Crippen molar-refractivity contribution in [1.82, 2.24) is 21.3 Å². The molecule has 3 aromatic carbocycles. The normalized spacial score (nSPS) is 11.1. The topological polar surface area (TPSA) is 183 Å². The van der Waals surface area contributed by atoms with Crippen molar-refractivity contribution in [2.75, 3.05) is 6.54 Å². The number of nitrogens with zero attached hydrogens (tertiary/aromatic N) is 1. The molecule has 1 atom stereocenters. The molecule has 14 nitrogen and oxygen atoms in total. The van der Waals surface area contributed by atoms with Gasteiger partial charge in [-0.2, -0.15) is 0 Å². The van der Waals surface area contributed by atoms with E-state index in [4.69, 9.17) is 18.9 Å². The van der Waals surface area contributed by atoms with Crippen LogP contribution >= 0.6 is 0 Å². The van der Waals surface area contributed by atoms with Gasteiger partial charge >= 0.3 is 24.2 Å².